The number of benzene rings is 1. The van der Waals surface area contributed by atoms with Crippen molar-refractivity contribution in [1.29, 1.82) is 0 Å². The number of hydrogen-bond acceptors (Lipinski definition) is 3. The van der Waals surface area contributed by atoms with E-state index in [9.17, 15) is 9.90 Å². The second-order valence-corrected chi connectivity index (χ2v) is 4.23. The zero-order valence-corrected chi connectivity index (χ0v) is 9.36. The van der Waals surface area contributed by atoms with Crippen LogP contribution in [0.1, 0.15) is 36.3 Å². The Kier molecular flexibility index (Phi) is 3.13. The van der Waals surface area contributed by atoms with E-state index in [1.807, 2.05) is 18.2 Å². The van der Waals surface area contributed by atoms with Gasteiger partial charge < -0.3 is 14.6 Å². The van der Waals surface area contributed by atoms with E-state index in [1.165, 1.54) is 5.56 Å². The van der Waals surface area contributed by atoms with Crippen LogP contribution in [-0.4, -0.2) is 13.1 Å². The summed E-state index contributed by atoms with van der Waals surface area (Å²) in [5.74, 6) is -0.0128. The Hall–Kier alpha value is -1.51. The number of hydrogen-bond donors (Lipinski definition) is 0. The van der Waals surface area contributed by atoms with Crippen molar-refractivity contribution in [3.05, 3.63) is 29.3 Å². The van der Waals surface area contributed by atoms with Gasteiger partial charge in [-0.15, -0.1) is 0 Å². The first-order valence-corrected chi connectivity index (χ1v) is 5.57. The van der Waals surface area contributed by atoms with Crippen LogP contribution in [0, 0.1) is 0 Å². The van der Waals surface area contributed by atoms with E-state index >= 15 is 0 Å². The van der Waals surface area contributed by atoms with Gasteiger partial charge in [-0.2, -0.15) is 0 Å². The average molecular weight is 219 g/mol. The lowest BCUT2D eigenvalue weighted by Gasteiger charge is -2.26. The molecule has 0 amide bonds. The normalized spacial score (nSPS) is 18.9. The van der Waals surface area contributed by atoms with Crippen LogP contribution in [0.15, 0.2) is 18.2 Å². The summed E-state index contributed by atoms with van der Waals surface area (Å²) in [6.07, 6.45) is 3.11. The molecule has 1 aromatic carbocycles. The number of ether oxygens (including phenoxy) is 1. The molecule has 2 rings (SSSR count). The number of aryl methyl sites for hydroxylation is 1. The predicted molar refractivity (Wildman–Crippen MR) is 58.3 cm³/mol. The summed E-state index contributed by atoms with van der Waals surface area (Å²) in [6.45, 7) is 0. The Morgan fingerprint density at radius 3 is 3.06 bits per heavy atom. The highest BCUT2D eigenvalue weighted by Gasteiger charge is 2.20. The van der Waals surface area contributed by atoms with Crippen molar-refractivity contribution in [3.8, 4) is 5.75 Å². The van der Waals surface area contributed by atoms with Gasteiger partial charge in [0.2, 0.25) is 0 Å². The Morgan fingerprint density at radius 1 is 1.56 bits per heavy atom. The van der Waals surface area contributed by atoms with Gasteiger partial charge in [0.1, 0.15) is 5.75 Å². The summed E-state index contributed by atoms with van der Waals surface area (Å²) in [5.41, 5.74) is 2.37. The number of carboxylic acids is 1. The molecule has 0 unspecified atom stereocenters. The standard InChI is InChI=1S/C13H16O3/c1-16-11-5-6-12-9(7-11)3-2-4-10(12)8-13(14)15/h5-7,10H,2-4,8H2,1H3,(H,14,15)/p-1/t10-/m1/s1. The minimum Gasteiger partial charge on any atom is -0.550 e. The van der Waals surface area contributed by atoms with Crippen molar-refractivity contribution in [1.82, 2.24) is 0 Å². The lowest BCUT2D eigenvalue weighted by Crippen LogP contribution is -2.25. The molecule has 1 atom stereocenters. The van der Waals surface area contributed by atoms with Crippen LogP contribution in [-0.2, 0) is 11.2 Å². The summed E-state index contributed by atoms with van der Waals surface area (Å²) in [6, 6.07) is 5.89. The van der Waals surface area contributed by atoms with Gasteiger partial charge in [0.25, 0.3) is 0 Å². The summed E-state index contributed by atoms with van der Waals surface area (Å²) in [7, 11) is 1.64. The molecule has 0 N–H and O–H groups in total. The molecule has 0 radical (unpaired) electrons. The lowest BCUT2D eigenvalue weighted by atomic mass is 9.81. The molecule has 0 aromatic heterocycles. The number of carboxylic acid groups (broad SMARTS) is 1. The molecule has 0 fully saturated rings. The molecule has 0 heterocycles. The first-order chi connectivity index (χ1) is 7.70. The number of carbonyl (C=O) groups is 1. The van der Waals surface area contributed by atoms with E-state index in [-0.39, 0.29) is 12.3 Å². The van der Waals surface area contributed by atoms with Crippen molar-refractivity contribution in [3.63, 3.8) is 0 Å². The fourth-order valence-corrected chi connectivity index (χ4v) is 2.43. The lowest BCUT2D eigenvalue weighted by molar-refractivity contribution is -0.306. The van der Waals surface area contributed by atoms with Crippen LogP contribution in [0.5, 0.6) is 5.75 Å². The molecule has 16 heavy (non-hydrogen) atoms. The third kappa shape index (κ3) is 2.18. The van der Waals surface area contributed by atoms with E-state index < -0.39 is 5.97 Å². The number of aliphatic carboxylic acids is 1. The highest BCUT2D eigenvalue weighted by molar-refractivity contribution is 5.66. The van der Waals surface area contributed by atoms with E-state index in [4.69, 9.17) is 4.74 Å². The average Bonchev–Trinajstić information content (AvgIpc) is 2.28. The van der Waals surface area contributed by atoms with Crippen molar-refractivity contribution in [2.24, 2.45) is 0 Å². The molecule has 86 valence electrons. The van der Waals surface area contributed by atoms with Crippen LogP contribution >= 0.6 is 0 Å². The first-order valence-electron chi connectivity index (χ1n) is 5.57. The van der Waals surface area contributed by atoms with Gasteiger partial charge in [0.15, 0.2) is 0 Å². The Labute approximate surface area is 95.0 Å². The van der Waals surface area contributed by atoms with Gasteiger partial charge >= 0.3 is 0 Å². The highest BCUT2D eigenvalue weighted by atomic mass is 16.5. The molecular weight excluding hydrogens is 204 g/mol. The van der Waals surface area contributed by atoms with E-state index in [0.29, 0.717) is 0 Å². The Bertz CT molecular complexity index is 398. The quantitative estimate of drug-likeness (QED) is 0.768. The third-order valence-electron chi connectivity index (χ3n) is 3.20. The zero-order chi connectivity index (χ0) is 11.5. The first kappa shape index (κ1) is 11.0. The Morgan fingerprint density at radius 2 is 2.38 bits per heavy atom. The van der Waals surface area contributed by atoms with Gasteiger partial charge in [-0.3, -0.25) is 0 Å². The van der Waals surface area contributed by atoms with Crippen LogP contribution in [0.3, 0.4) is 0 Å². The van der Waals surface area contributed by atoms with Gasteiger partial charge in [0.05, 0.1) is 7.11 Å². The molecule has 1 aromatic rings. The summed E-state index contributed by atoms with van der Waals surface area (Å²) >= 11 is 0. The monoisotopic (exact) mass is 219 g/mol. The topological polar surface area (TPSA) is 49.4 Å². The van der Waals surface area contributed by atoms with E-state index in [2.05, 4.69) is 0 Å². The fourth-order valence-electron chi connectivity index (χ4n) is 2.43. The summed E-state index contributed by atoms with van der Waals surface area (Å²) < 4.78 is 5.17. The minimum atomic E-state index is -0.964. The molecule has 0 saturated heterocycles. The van der Waals surface area contributed by atoms with Gasteiger partial charge in [-0.25, -0.2) is 0 Å². The molecule has 0 spiro atoms. The van der Waals surface area contributed by atoms with Gasteiger partial charge in [-0.05, 0) is 54.9 Å². The van der Waals surface area contributed by atoms with Crippen molar-refractivity contribution in [2.45, 2.75) is 31.6 Å². The third-order valence-corrected chi connectivity index (χ3v) is 3.20. The fraction of sp³-hybridized carbons (Fsp3) is 0.462. The van der Waals surface area contributed by atoms with Crippen molar-refractivity contribution >= 4 is 5.97 Å². The van der Waals surface area contributed by atoms with Crippen LogP contribution in [0.25, 0.3) is 0 Å². The molecule has 1 aliphatic rings. The Balaban J connectivity index is 2.28. The van der Waals surface area contributed by atoms with Gasteiger partial charge in [-0.1, -0.05) is 6.07 Å². The number of fused-ring (bicyclic) bond motifs is 1. The second-order valence-electron chi connectivity index (χ2n) is 4.23. The maximum absolute atomic E-state index is 10.7. The second kappa shape index (κ2) is 4.56. The van der Waals surface area contributed by atoms with E-state index in [0.717, 1.165) is 30.6 Å². The molecule has 3 heteroatoms. The largest absolute Gasteiger partial charge is 0.550 e. The van der Waals surface area contributed by atoms with Crippen LogP contribution < -0.4 is 9.84 Å². The number of carbonyl (C=O) groups excluding carboxylic acids is 1. The maximum atomic E-state index is 10.7. The van der Waals surface area contributed by atoms with Crippen molar-refractivity contribution in [2.75, 3.05) is 7.11 Å². The predicted octanol–water partition coefficient (Wildman–Crippen LogP) is 1.26. The highest BCUT2D eigenvalue weighted by Crippen LogP contribution is 2.35. The number of methoxy groups -OCH3 is 1. The molecule has 0 aliphatic heterocycles. The molecule has 0 saturated carbocycles. The summed E-state index contributed by atoms with van der Waals surface area (Å²) in [4.78, 5) is 10.7. The van der Waals surface area contributed by atoms with Crippen LogP contribution in [0.4, 0.5) is 0 Å². The van der Waals surface area contributed by atoms with Crippen LogP contribution in [0.2, 0.25) is 0 Å². The van der Waals surface area contributed by atoms with E-state index in [1.54, 1.807) is 7.11 Å². The maximum Gasteiger partial charge on any atom is 0.119 e. The minimum absolute atomic E-state index is 0.111. The molecule has 1 aliphatic carbocycles. The molecular formula is C13H15O3-. The van der Waals surface area contributed by atoms with Crippen molar-refractivity contribution < 1.29 is 14.6 Å². The number of rotatable bonds is 3. The molecule has 0 bridgehead atoms. The van der Waals surface area contributed by atoms with Gasteiger partial charge in [0, 0.05) is 5.97 Å². The summed E-state index contributed by atoms with van der Waals surface area (Å²) in [5, 5.41) is 10.7. The molecule has 3 nitrogen and oxygen atoms in total. The zero-order valence-electron chi connectivity index (χ0n) is 9.36. The SMILES string of the molecule is COc1ccc2c(c1)CCC[C@@H]2CC(=O)[O-]. The smallest absolute Gasteiger partial charge is 0.119 e.